The number of nitrogens with zero attached hydrogens (tertiary/aromatic N) is 4. The van der Waals surface area contributed by atoms with Gasteiger partial charge in [0.25, 0.3) is 0 Å². The van der Waals surface area contributed by atoms with E-state index in [1.54, 1.807) is 0 Å². The van der Waals surface area contributed by atoms with E-state index in [0.717, 1.165) is 32.5 Å². The minimum absolute atomic E-state index is 0.411. The second-order valence-electron chi connectivity index (χ2n) is 4.98. The zero-order valence-electron chi connectivity index (χ0n) is 12.2. The van der Waals surface area contributed by atoms with Crippen molar-refractivity contribution in [3.05, 3.63) is 64.1 Å². The summed E-state index contributed by atoms with van der Waals surface area (Å²) in [7, 11) is 0. The predicted octanol–water partition coefficient (Wildman–Crippen LogP) is 4.19. The lowest BCUT2D eigenvalue weighted by atomic mass is 10.0. The first-order valence-corrected chi connectivity index (χ1v) is 7.58. The molecule has 0 saturated heterocycles. The highest BCUT2D eigenvalue weighted by Crippen LogP contribution is 2.32. The average Bonchev–Trinajstić information content (AvgIpc) is 3.01. The van der Waals surface area contributed by atoms with Crippen molar-refractivity contribution in [3.8, 4) is 22.9 Å². The molecule has 3 aromatic rings. The van der Waals surface area contributed by atoms with Crippen molar-refractivity contribution < 1.29 is 0 Å². The Hall–Kier alpha value is -2.45. The molecule has 0 unspecified atom stereocenters. The van der Waals surface area contributed by atoms with E-state index in [9.17, 15) is 0 Å². The first kappa shape index (κ1) is 14.5. The Morgan fingerprint density at radius 1 is 1.18 bits per heavy atom. The highest BCUT2D eigenvalue weighted by Gasteiger charge is 2.15. The van der Waals surface area contributed by atoms with Gasteiger partial charge < -0.3 is 0 Å². The zero-order chi connectivity index (χ0) is 15.7. The number of aryl methyl sites for hydroxylation is 1. The van der Waals surface area contributed by atoms with Gasteiger partial charge in [0.1, 0.15) is 6.07 Å². The lowest BCUT2D eigenvalue weighted by Crippen LogP contribution is -1.97. The number of benzene rings is 1. The average molecular weight is 353 g/mol. The van der Waals surface area contributed by atoms with Crippen molar-refractivity contribution in [2.75, 3.05) is 0 Å². The van der Waals surface area contributed by atoms with Gasteiger partial charge in [-0.3, -0.25) is 0 Å². The number of para-hydroxylation sites is 1. The molecule has 0 saturated carbocycles. The predicted molar refractivity (Wildman–Crippen MR) is 88.7 cm³/mol. The Morgan fingerprint density at radius 2 is 1.91 bits per heavy atom. The molecule has 4 nitrogen and oxygen atoms in total. The molecule has 0 bridgehead atoms. The molecule has 1 aromatic carbocycles. The van der Waals surface area contributed by atoms with Crippen molar-refractivity contribution >= 4 is 15.9 Å². The Bertz CT molecular complexity index is 876. The highest BCUT2D eigenvalue weighted by atomic mass is 79.9. The largest absolute Gasteiger partial charge is 0.241 e. The Labute approximate surface area is 137 Å². The van der Waals surface area contributed by atoms with E-state index in [0.29, 0.717) is 5.69 Å². The molecule has 0 aliphatic carbocycles. The van der Waals surface area contributed by atoms with Crippen LogP contribution < -0.4 is 0 Å². The van der Waals surface area contributed by atoms with Gasteiger partial charge in [-0.15, -0.1) is 0 Å². The van der Waals surface area contributed by atoms with Gasteiger partial charge >= 0.3 is 0 Å². The lowest BCUT2D eigenvalue weighted by Gasteiger charge is -2.10. The fraction of sp³-hybridized carbons (Fsp3) is 0.118. The van der Waals surface area contributed by atoms with Crippen LogP contribution in [0.25, 0.3) is 16.8 Å². The topological polar surface area (TPSA) is 54.5 Å². The summed E-state index contributed by atoms with van der Waals surface area (Å²) in [4.78, 5) is 4.37. The van der Waals surface area contributed by atoms with Crippen LogP contribution >= 0.6 is 15.9 Å². The molecule has 0 aliphatic rings. The summed E-state index contributed by atoms with van der Waals surface area (Å²) in [5, 5.41) is 13.5. The van der Waals surface area contributed by atoms with Gasteiger partial charge in [0.05, 0.1) is 16.4 Å². The molecular weight excluding hydrogens is 340 g/mol. The fourth-order valence-corrected chi connectivity index (χ4v) is 2.88. The van der Waals surface area contributed by atoms with E-state index in [1.165, 1.54) is 0 Å². The molecule has 0 aliphatic heterocycles. The third kappa shape index (κ3) is 2.42. The summed E-state index contributed by atoms with van der Waals surface area (Å²) >= 11 is 3.46. The molecule has 0 radical (unpaired) electrons. The van der Waals surface area contributed by atoms with Crippen LogP contribution in [0.2, 0.25) is 0 Å². The first-order chi connectivity index (χ1) is 10.6. The molecule has 0 amide bonds. The molecule has 0 atom stereocenters. The number of aromatic nitrogens is 3. The fourth-order valence-electron chi connectivity index (χ4n) is 2.50. The Balaban J connectivity index is 2.12. The van der Waals surface area contributed by atoms with Gasteiger partial charge in [-0.25, -0.2) is 9.67 Å². The van der Waals surface area contributed by atoms with E-state index in [2.05, 4.69) is 32.1 Å². The quantitative estimate of drug-likeness (QED) is 0.694. The van der Waals surface area contributed by atoms with Crippen LogP contribution in [0.5, 0.6) is 0 Å². The van der Waals surface area contributed by atoms with Gasteiger partial charge in [-0.05, 0) is 47.5 Å². The summed E-state index contributed by atoms with van der Waals surface area (Å²) in [6.07, 6.45) is 3.80. The van der Waals surface area contributed by atoms with Crippen LogP contribution in [0.4, 0.5) is 0 Å². The lowest BCUT2D eigenvalue weighted by molar-refractivity contribution is 0.881. The molecule has 108 valence electrons. The summed E-state index contributed by atoms with van der Waals surface area (Å²) in [5.74, 6) is 0. The van der Waals surface area contributed by atoms with Crippen LogP contribution in [0.3, 0.4) is 0 Å². The number of rotatable bonds is 2. The maximum atomic E-state index is 9.12. The minimum atomic E-state index is 0.411. The van der Waals surface area contributed by atoms with Crippen LogP contribution in [0, 0.1) is 25.2 Å². The van der Waals surface area contributed by atoms with Gasteiger partial charge in [0.15, 0.2) is 5.69 Å². The number of nitriles is 1. The number of pyridine rings is 1. The normalized spacial score (nSPS) is 10.5. The Morgan fingerprint density at radius 3 is 2.59 bits per heavy atom. The molecule has 22 heavy (non-hydrogen) atoms. The van der Waals surface area contributed by atoms with E-state index in [-0.39, 0.29) is 0 Å². The first-order valence-electron chi connectivity index (χ1n) is 6.79. The van der Waals surface area contributed by atoms with Crippen LogP contribution in [-0.4, -0.2) is 14.8 Å². The van der Waals surface area contributed by atoms with E-state index < -0.39 is 0 Å². The van der Waals surface area contributed by atoms with Crippen LogP contribution in [0.15, 0.2) is 47.2 Å². The minimum Gasteiger partial charge on any atom is -0.241 e. The number of hydrogen-bond acceptors (Lipinski definition) is 3. The number of halogens is 1. The molecule has 0 N–H and O–H groups in total. The maximum absolute atomic E-state index is 9.12. The smallest absolute Gasteiger partial charge is 0.155 e. The second kappa shape index (κ2) is 5.74. The second-order valence-corrected chi connectivity index (χ2v) is 5.77. The van der Waals surface area contributed by atoms with Gasteiger partial charge in [-0.1, -0.05) is 18.2 Å². The van der Waals surface area contributed by atoms with Crippen molar-refractivity contribution in [1.82, 2.24) is 14.8 Å². The standard InChI is InChI=1S/C17H13BrN4/c1-11-16(12(2)21-15(8-19)17(11)18)13-9-20-22(10-13)14-6-4-3-5-7-14/h3-7,9-10H,1-2H3. The van der Waals surface area contributed by atoms with E-state index in [4.69, 9.17) is 5.26 Å². The molecule has 3 rings (SSSR count). The highest BCUT2D eigenvalue weighted by molar-refractivity contribution is 9.10. The molecule has 2 aromatic heterocycles. The van der Waals surface area contributed by atoms with Gasteiger partial charge in [0, 0.05) is 23.0 Å². The maximum Gasteiger partial charge on any atom is 0.155 e. The van der Waals surface area contributed by atoms with Crippen molar-refractivity contribution in [3.63, 3.8) is 0 Å². The third-order valence-electron chi connectivity index (χ3n) is 3.55. The Kier molecular flexibility index (Phi) is 3.78. The summed E-state index contributed by atoms with van der Waals surface area (Å²) in [6.45, 7) is 3.89. The summed E-state index contributed by atoms with van der Waals surface area (Å²) in [6, 6.07) is 12.0. The number of hydrogen-bond donors (Lipinski definition) is 0. The van der Waals surface area contributed by atoms with Crippen LogP contribution in [0.1, 0.15) is 17.0 Å². The molecule has 5 heteroatoms. The molecule has 0 spiro atoms. The molecule has 2 heterocycles. The SMILES string of the molecule is Cc1nc(C#N)c(Br)c(C)c1-c1cnn(-c2ccccc2)c1. The van der Waals surface area contributed by atoms with Crippen LogP contribution in [-0.2, 0) is 0 Å². The monoisotopic (exact) mass is 352 g/mol. The van der Waals surface area contributed by atoms with Gasteiger partial charge in [-0.2, -0.15) is 10.4 Å². The molecule has 0 fully saturated rings. The summed E-state index contributed by atoms with van der Waals surface area (Å²) < 4.78 is 2.57. The third-order valence-corrected chi connectivity index (χ3v) is 4.52. The van der Waals surface area contributed by atoms with Crippen molar-refractivity contribution in [1.29, 1.82) is 5.26 Å². The molecular formula is C17H13BrN4. The zero-order valence-corrected chi connectivity index (χ0v) is 13.8. The van der Waals surface area contributed by atoms with Gasteiger partial charge in [0.2, 0.25) is 0 Å². The summed E-state index contributed by atoms with van der Waals surface area (Å²) in [5.41, 5.74) is 5.23. The van der Waals surface area contributed by atoms with Crippen molar-refractivity contribution in [2.24, 2.45) is 0 Å². The van der Waals surface area contributed by atoms with E-state index >= 15 is 0 Å². The van der Waals surface area contributed by atoms with Crippen molar-refractivity contribution in [2.45, 2.75) is 13.8 Å². The van der Waals surface area contributed by atoms with E-state index in [1.807, 2.05) is 61.3 Å².